The van der Waals surface area contributed by atoms with E-state index in [-0.39, 0.29) is 5.56 Å². The molecule has 0 aliphatic rings. The van der Waals surface area contributed by atoms with E-state index >= 15 is 0 Å². The Morgan fingerprint density at radius 1 is 1.22 bits per heavy atom. The fraction of sp³-hybridized carbons (Fsp3) is 0.235. The van der Waals surface area contributed by atoms with Gasteiger partial charge < -0.3 is 15.2 Å². The standard InChI is InChI=1S/C17H17Cl2NO3/c1-2-7-23-16-6-4-13(18)8-12(16)10-20-15-9-11(17(21)22)3-5-14(15)19/h3-6,8-9,20H,2,7,10H2,1H3,(H,21,22). The van der Waals surface area contributed by atoms with Gasteiger partial charge in [-0.05, 0) is 42.8 Å². The Kier molecular flexibility index (Phi) is 6.13. The van der Waals surface area contributed by atoms with Crippen LogP contribution in [-0.4, -0.2) is 17.7 Å². The van der Waals surface area contributed by atoms with E-state index in [0.717, 1.165) is 17.7 Å². The van der Waals surface area contributed by atoms with E-state index in [9.17, 15) is 4.79 Å². The minimum absolute atomic E-state index is 0.172. The molecule has 2 aromatic rings. The SMILES string of the molecule is CCCOc1ccc(Cl)cc1CNc1cc(C(=O)O)ccc1Cl. The molecule has 2 aromatic carbocycles. The maximum atomic E-state index is 11.0. The highest BCUT2D eigenvalue weighted by Gasteiger charge is 2.09. The molecule has 0 amide bonds. The van der Waals surface area contributed by atoms with Gasteiger partial charge in [0, 0.05) is 17.1 Å². The Labute approximate surface area is 145 Å². The lowest BCUT2D eigenvalue weighted by Gasteiger charge is -2.14. The predicted molar refractivity (Wildman–Crippen MR) is 93.0 cm³/mol. The highest BCUT2D eigenvalue weighted by Crippen LogP contribution is 2.27. The number of nitrogens with one attached hydrogen (secondary N) is 1. The van der Waals surface area contributed by atoms with Crippen molar-refractivity contribution in [1.82, 2.24) is 0 Å². The van der Waals surface area contributed by atoms with Crippen LogP contribution in [0.4, 0.5) is 5.69 Å². The summed E-state index contributed by atoms with van der Waals surface area (Å²) >= 11 is 12.2. The molecule has 0 aromatic heterocycles. The van der Waals surface area contributed by atoms with Crippen LogP contribution in [0.15, 0.2) is 36.4 Å². The molecule has 0 spiro atoms. The zero-order valence-electron chi connectivity index (χ0n) is 12.6. The summed E-state index contributed by atoms with van der Waals surface area (Å²) in [5.41, 5.74) is 1.60. The number of carbonyl (C=O) groups is 1. The molecule has 0 fully saturated rings. The van der Waals surface area contributed by atoms with Crippen molar-refractivity contribution in [1.29, 1.82) is 0 Å². The lowest BCUT2D eigenvalue weighted by molar-refractivity contribution is 0.0697. The van der Waals surface area contributed by atoms with E-state index < -0.39 is 5.97 Å². The molecule has 122 valence electrons. The van der Waals surface area contributed by atoms with Gasteiger partial charge in [-0.3, -0.25) is 0 Å². The molecule has 0 saturated heterocycles. The predicted octanol–water partition coefficient (Wildman–Crippen LogP) is 5.09. The molecular formula is C17H17Cl2NO3. The number of carboxylic acid groups (broad SMARTS) is 1. The van der Waals surface area contributed by atoms with E-state index in [0.29, 0.717) is 28.9 Å². The van der Waals surface area contributed by atoms with Crippen molar-refractivity contribution >= 4 is 34.9 Å². The molecule has 0 unspecified atom stereocenters. The second-order valence-electron chi connectivity index (χ2n) is 4.95. The molecule has 0 aliphatic heterocycles. The van der Waals surface area contributed by atoms with Crippen LogP contribution in [0, 0.1) is 0 Å². The van der Waals surface area contributed by atoms with Gasteiger partial charge >= 0.3 is 5.97 Å². The summed E-state index contributed by atoms with van der Waals surface area (Å²) < 4.78 is 5.70. The van der Waals surface area contributed by atoms with Crippen molar-refractivity contribution < 1.29 is 14.6 Å². The molecule has 2 rings (SSSR count). The molecule has 0 bridgehead atoms. The van der Waals surface area contributed by atoms with E-state index in [1.807, 2.05) is 19.1 Å². The minimum atomic E-state index is -1.00. The summed E-state index contributed by atoms with van der Waals surface area (Å²) in [6.45, 7) is 3.07. The molecule has 0 atom stereocenters. The zero-order valence-corrected chi connectivity index (χ0v) is 14.1. The van der Waals surface area contributed by atoms with Crippen LogP contribution in [0.25, 0.3) is 0 Å². The summed E-state index contributed by atoms with van der Waals surface area (Å²) in [6.07, 6.45) is 0.905. The molecule has 23 heavy (non-hydrogen) atoms. The summed E-state index contributed by atoms with van der Waals surface area (Å²) in [5.74, 6) is -0.256. The number of anilines is 1. The van der Waals surface area contributed by atoms with E-state index in [1.54, 1.807) is 12.1 Å². The highest BCUT2D eigenvalue weighted by molar-refractivity contribution is 6.33. The maximum absolute atomic E-state index is 11.0. The van der Waals surface area contributed by atoms with Gasteiger partial charge in [-0.1, -0.05) is 30.1 Å². The number of carboxylic acids is 1. The van der Waals surface area contributed by atoms with Crippen molar-refractivity contribution in [2.45, 2.75) is 19.9 Å². The third-order valence-electron chi connectivity index (χ3n) is 3.17. The molecule has 0 aliphatic carbocycles. The first-order valence-electron chi connectivity index (χ1n) is 7.19. The molecular weight excluding hydrogens is 337 g/mol. The topological polar surface area (TPSA) is 58.6 Å². The second-order valence-corrected chi connectivity index (χ2v) is 5.80. The largest absolute Gasteiger partial charge is 0.493 e. The van der Waals surface area contributed by atoms with Crippen LogP contribution in [0.2, 0.25) is 10.0 Å². The number of aromatic carboxylic acids is 1. The van der Waals surface area contributed by atoms with Gasteiger partial charge in [-0.15, -0.1) is 0 Å². The Morgan fingerprint density at radius 3 is 2.70 bits per heavy atom. The Hall–Kier alpha value is -1.91. The smallest absolute Gasteiger partial charge is 0.335 e. The van der Waals surface area contributed by atoms with Gasteiger partial charge in [0.05, 0.1) is 22.9 Å². The van der Waals surface area contributed by atoms with Crippen molar-refractivity contribution in [2.24, 2.45) is 0 Å². The van der Waals surface area contributed by atoms with Gasteiger partial charge in [0.25, 0.3) is 0 Å². The monoisotopic (exact) mass is 353 g/mol. The van der Waals surface area contributed by atoms with Gasteiger partial charge in [-0.2, -0.15) is 0 Å². The lowest BCUT2D eigenvalue weighted by atomic mass is 10.1. The normalized spacial score (nSPS) is 10.4. The summed E-state index contributed by atoms with van der Waals surface area (Å²) in [5, 5.41) is 13.2. The molecule has 2 N–H and O–H groups in total. The fourth-order valence-corrected chi connectivity index (χ4v) is 2.40. The quantitative estimate of drug-likeness (QED) is 0.727. The van der Waals surface area contributed by atoms with Gasteiger partial charge in [0.1, 0.15) is 5.75 Å². The molecule has 6 heteroatoms. The van der Waals surface area contributed by atoms with Crippen LogP contribution in [0.5, 0.6) is 5.75 Å². The Balaban J connectivity index is 2.18. The average molecular weight is 354 g/mol. The molecule has 0 saturated carbocycles. The first-order valence-corrected chi connectivity index (χ1v) is 7.94. The van der Waals surface area contributed by atoms with Crippen LogP contribution in [0.1, 0.15) is 29.3 Å². The highest BCUT2D eigenvalue weighted by atomic mass is 35.5. The third-order valence-corrected chi connectivity index (χ3v) is 3.73. The summed E-state index contributed by atoms with van der Waals surface area (Å²) in [7, 11) is 0. The summed E-state index contributed by atoms with van der Waals surface area (Å²) in [4.78, 5) is 11.0. The Morgan fingerprint density at radius 2 is 2.00 bits per heavy atom. The van der Waals surface area contributed by atoms with Crippen LogP contribution >= 0.6 is 23.2 Å². The molecule has 0 radical (unpaired) electrons. The first kappa shape index (κ1) is 17.4. The fourth-order valence-electron chi connectivity index (χ4n) is 2.02. The summed E-state index contributed by atoms with van der Waals surface area (Å²) in [6, 6.07) is 9.93. The van der Waals surface area contributed by atoms with Gasteiger partial charge in [-0.25, -0.2) is 4.79 Å². The van der Waals surface area contributed by atoms with Crippen LogP contribution in [-0.2, 0) is 6.54 Å². The number of hydrogen-bond acceptors (Lipinski definition) is 3. The maximum Gasteiger partial charge on any atom is 0.335 e. The minimum Gasteiger partial charge on any atom is -0.493 e. The van der Waals surface area contributed by atoms with Crippen molar-refractivity contribution in [2.75, 3.05) is 11.9 Å². The van der Waals surface area contributed by atoms with Crippen LogP contribution in [0.3, 0.4) is 0 Å². The average Bonchev–Trinajstić information content (AvgIpc) is 2.53. The Bertz CT molecular complexity index is 704. The lowest BCUT2D eigenvalue weighted by Crippen LogP contribution is -2.05. The zero-order chi connectivity index (χ0) is 16.8. The third kappa shape index (κ3) is 4.78. The number of hydrogen-bond donors (Lipinski definition) is 2. The van der Waals surface area contributed by atoms with Crippen LogP contribution < -0.4 is 10.1 Å². The molecule has 0 heterocycles. The van der Waals surface area contributed by atoms with Gasteiger partial charge in [0.15, 0.2) is 0 Å². The molecule has 4 nitrogen and oxygen atoms in total. The number of ether oxygens (including phenoxy) is 1. The van der Waals surface area contributed by atoms with Gasteiger partial charge in [0.2, 0.25) is 0 Å². The number of rotatable bonds is 7. The van der Waals surface area contributed by atoms with E-state index in [2.05, 4.69) is 5.32 Å². The second kappa shape index (κ2) is 8.09. The van der Waals surface area contributed by atoms with Crippen molar-refractivity contribution in [3.05, 3.63) is 57.6 Å². The first-order chi connectivity index (χ1) is 11.0. The van der Waals surface area contributed by atoms with Crippen molar-refractivity contribution in [3.63, 3.8) is 0 Å². The number of halogens is 2. The number of benzene rings is 2. The van der Waals surface area contributed by atoms with E-state index in [4.69, 9.17) is 33.0 Å². The van der Waals surface area contributed by atoms with Crippen molar-refractivity contribution in [3.8, 4) is 5.75 Å². The van der Waals surface area contributed by atoms with E-state index in [1.165, 1.54) is 12.1 Å².